The van der Waals surface area contributed by atoms with Crippen LogP contribution in [0.1, 0.15) is 26.7 Å². The highest BCUT2D eigenvalue weighted by Gasteiger charge is 2.28. The van der Waals surface area contributed by atoms with Gasteiger partial charge in [0.2, 0.25) is 0 Å². The Bertz CT molecular complexity index is 311. The van der Waals surface area contributed by atoms with E-state index in [2.05, 4.69) is 24.1 Å². The molecule has 1 unspecified atom stereocenters. The van der Waals surface area contributed by atoms with Crippen molar-refractivity contribution in [1.82, 2.24) is 4.98 Å². The van der Waals surface area contributed by atoms with E-state index < -0.39 is 0 Å². The number of aromatic nitrogens is 1. The molecule has 0 amide bonds. The van der Waals surface area contributed by atoms with E-state index in [9.17, 15) is 0 Å². The molecule has 3 heteroatoms. The Morgan fingerprint density at radius 2 is 2.33 bits per heavy atom. The van der Waals surface area contributed by atoms with Gasteiger partial charge >= 0.3 is 0 Å². The molecule has 3 nitrogen and oxygen atoms in total. The van der Waals surface area contributed by atoms with Gasteiger partial charge in [-0.05, 0) is 38.8 Å². The van der Waals surface area contributed by atoms with Gasteiger partial charge in [-0.25, -0.2) is 4.98 Å². The van der Waals surface area contributed by atoms with Gasteiger partial charge in [0, 0.05) is 18.8 Å². The summed E-state index contributed by atoms with van der Waals surface area (Å²) in [6.07, 6.45) is 3.90. The van der Waals surface area contributed by atoms with Crippen molar-refractivity contribution >= 4 is 5.82 Å². The zero-order chi connectivity index (χ0) is 10.7. The van der Waals surface area contributed by atoms with Gasteiger partial charge in [0.05, 0.1) is 5.60 Å². The normalized spacial score (nSPS) is 24.8. The van der Waals surface area contributed by atoms with Crippen molar-refractivity contribution in [3.8, 4) is 0 Å². The zero-order valence-electron chi connectivity index (χ0n) is 9.36. The lowest BCUT2D eigenvalue weighted by Gasteiger charge is -2.36. The van der Waals surface area contributed by atoms with E-state index in [0.717, 1.165) is 25.3 Å². The zero-order valence-corrected chi connectivity index (χ0v) is 9.36. The van der Waals surface area contributed by atoms with Crippen molar-refractivity contribution in [2.75, 3.05) is 11.9 Å². The quantitative estimate of drug-likeness (QED) is 0.807. The van der Waals surface area contributed by atoms with Crippen molar-refractivity contribution in [2.45, 2.75) is 38.3 Å². The molecule has 0 aliphatic carbocycles. The Morgan fingerprint density at radius 1 is 1.47 bits per heavy atom. The van der Waals surface area contributed by atoms with Crippen LogP contribution in [0.4, 0.5) is 5.82 Å². The predicted molar refractivity (Wildman–Crippen MR) is 60.9 cm³/mol. The number of anilines is 1. The van der Waals surface area contributed by atoms with Crippen LogP contribution in [0, 0.1) is 0 Å². The Balaban J connectivity index is 1.95. The summed E-state index contributed by atoms with van der Waals surface area (Å²) in [4.78, 5) is 4.27. The monoisotopic (exact) mass is 206 g/mol. The average Bonchev–Trinajstić information content (AvgIpc) is 2.17. The second-order valence-corrected chi connectivity index (χ2v) is 4.66. The Morgan fingerprint density at radius 3 is 3.00 bits per heavy atom. The highest BCUT2D eigenvalue weighted by molar-refractivity contribution is 5.34. The van der Waals surface area contributed by atoms with Gasteiger partial charge < -0.3 is 10.1 Å². The van der Waals surface area contributed by atoms with Crippen LogP contribution >= 0.6 is 0 Å². The first-order valence-corrected chi connectivity index (χ1v) is 5.47. The van der Waals surface area contributed by atoms with E-state index in [4.69, 9.17) is 4.74 Å². The van der Waals surface area contributed by atoms with Crippen LogP contribution in [-0.4, -0.2) is 23.2 Å². The molecule has 2 rings (SSSR count). The summed E-state index contributed by atoms with van der Waals surface area (Å²) in [5, 5.41) is 3.45. The van der Waals surface area contributed by atoms with Gasteiger partial charge in [-0.1, -0.05) is 6.07 Å². The number of hydrogen-bond donors (Lipinski definition) is 1. The molecule has 1 aliphatic heterocycles. The maximum atomic E-state index is 5.67. The molecule has 0 aromatic carbocycles. The van der Waals surface area contributed by atoms with Crippen LogP contribution in [0.15, 0.2) is 24.4 Å². The molecule has 0 bridgehead atoms. The fraction of sp³-hybridized carbons (Fsp3) is 0.583. The van der Waals surface area contributed by atoms with Gasteiger partial charge in [-0.3, -0.25) is 0 Å². The summed E-state index contributed by atoms with van der Waals surface area (Å²) in [7, 11) is 0. The second kappa shape index (κ2) is 4.19. The molecule has 1 aromatic rings. The van der Waals surface area contributed by atoms with E-state index in [0.29, 0.717) is 6.04 Å². The lowest BCUT2D eigenvalue weighted by molar-refractivity contribution is -0.0553. The number of hydrogen-bond acceptors (Lipinski definition) is 3. The topological polar surface area (TPSA) is 34.2 Å². The van der Waals surface area contributed by atoms with Crippen LogP contribution in [0.3, 0.4) is 0 Å². The third-order valence-corrected chi connectivity index (χ3v) is 2.71. The number of rotatable bonds is 2. The molecule has 1 aliphatic rings. The van der Waals surface area contributed by atoms with Gasteiger partial charge in [0.1, 0.15) is 5.82 Å². The van der Waals surface area contributed by atoms with Crippen LogP contribution in [0.5, 0.6) is 0 Å². The van der Waals surface area contributed by atoms with E-state index in [1.165, 1.54) is 0 Å². The number of nitrogens with one attached hydrogen (secondary N) is 1. The summed E-state index contributed by atoms with van der Waals surface area (Å²) in [6, 6.07) is 6.41. The largest absolute Gasteiger partial charge is 0.375 e. The maximum absolute atomic E-state index is 5.67. The molecule has 1 saturated heterocycles. The van der Waals surface area contributed by atoms with Crippen molar-refractivity contribution in [2.24, 2.45) is 0 Å². The molecule has 1 fully saturated rings. The molecule has 1 N–H and O–H groups in total. The standard InChI is InChI=1S/C12H18N2O/c1-12(2)9-10(6-8-15-12)14-11-5-3-4-7-13-11/h3-5,7,10H,6,8-9H2,1-2H3,(H,13,14). The summed E-state index contributed by atoms with van der Waals surface area (Å²) in [5.41, 5.74) is -0.00923. The third kappa shape index (κ3) is 2.93. The highest BCUT2D eigenvalue weighted by atomic mass is 16.5. The van der Waals surface area contributed by atoms with Crippen molar-refractivity contribution in [3.63, 3.8) is 0 Å². The smallest absolute Gasteiger partial charge is 0.126 e. The number of nitrogens with zero attached hydrogens (tertiary/aromatic N) is 1. The van der Waals surface area contributed by atoms with Gasteiger partial charge in [0.25, 0.3) is 0 Å². The van der Waals surface area contributed by atoms with E-state index in [-0.39, 0.29) is 5.60 Å². The number of pyridine rings is 1. The molecule has 1 atom stereocenters. The van der Waals surface area contributed by atoms with Gasteiger partial charge in [0.15, 0.2) is 0 Å². The first-order valence-electron chi connectivity index (χ1n) is 5.47. The maximum Gasteiger partial charge on any atom is 0.126 e. The lowest BCUT2D eigenvalue weighted by atomic mass is 9.94. The lowest BCUT2D eigenvalue weighted by Crippen LogP contribution is -2.40. The van der Waals surface area contributed by atoms with Crippen molar-refractivity contribution < 1.29 is 4.74 Å². The molecule has 0 spiro atoms. The molecule has 82 valence electrons. The fourth-order valence-corrected chi connectivity index (χ4v) is 2.01. The van der Waals surface area contributed by atoms with Gasteiger partial charge in [-0.2, -0.15) is 0 Å². The molecule has 0 radical (unpaired) electrons. The first kappa shape index (κ1) is 10.4. The van der Waals surface area contributed by atoms with Crippen LogP contribution in [0.2, 0.25) is 0 Å². The molecule has 2 heterocycles. The molecule has 1 aromatic heterocycles. The van der Waals surface area contributed by atoms with Crippen LogP contribution < -0.4 is 5.32 Å². The Labute approximate surface area is 90.9 Å². The highest BCUT2D eigenvalue weighted by Crippen LogP contribution is 2.25. The fourth-order valence-electron chi connectivity index (χ4n) is 2.01. The second-order valence-electron chi connectivity index (χ2n) is 4.66. The molecule has 15 heavy (non-hydrogen) atoms. The minimum absolute atomic E-state index is 0.00923. The van der Waals surface area contributed by atoms with E-state index in [1.807, 2.05) is 24.4 Å². The summed E-state index contributed by atoms with van der Waals surface area (Å²) >= 11 is 0. The van der Waals surface area contributed by atoms with Crippen molar-refractivity contribution in [3.05, 3.63) is 24.4 Å². The minimum atomic E-state index is -0.00923. The molecular formula is C12H18N2O. The summed E-state index contributed by atoms with van der Waals surface area (Å²) in [5.74, 6) is 0.959. The van der Waals surface area contributed by atoms with Crippen LogP contribution in [-0.2, 0) is 4.74 Å². The number of ether oxygens (including phenoxy) is 1. The van der Waals surface area contributed by atoms with Crippen molar-refractivity contribution in [1.29, 1.82) is 0 Å². The average molecular weight is 206 g/mol. The SMILES string of the molecule is CC1(C)CC(Nc2ccccn2)CCO1. The Hall–Kier alpha value is -1.09. The summed E-state index contributed by atoms with van der Waals surface area (Å²) < 4.78 is 5.67. The third-order valence-electron chi connectivity index (χ3n) is 2.71. The molecular weight excluding hydrogens is 188 g/mol. The summed E-state index contributed by atoms with van der Waals surface area (Å²) in [6.45, 7) is 5.11. The van der Waals surface area contributed by atoms with E-state index in [1.54, 1.807) is 0 Å². The van der Waals surface area contributed by atoms with Gasteiger partial charge in [-0.15, -0.1) is 0 Å². The first-order chi connectivity index (χ1) is 7.16. The minimum Gasteiger partial charge on any atom is -0.375 e. The Kier molecular flexibility index (Phi) is 2.91. The van der Waals surface area contributed by atoms with E-state index >= 15 is 0 Å². The molecule has 0 saturated carbocycles. The predicted octanol–water partition coefficient (Wildman–Crippen LogP) is 2.45. The van der Waals surface area contributed by atoms with Crippen LogP contribution in [0.25, 0.3) is 0 Å².